The number of carbonyl (C=O) groups excluding carboxylic acids is 1. The van der Waals surface area contributed by atoms with Gasteiger partial charge in [0.15, 0.2) is 0 Å². The highest BCUT2D eigenvalue weighted by Crippen LogP contribution is 2.10. The summed E-state index contributed by atoms with van der Waals surface area (Å²) >= 11 is 0. The van der Waals surface area contributed by atoms with Crippen molar-refractivity contribution in [3.63, 3.8) is 0 Å². The van der Waals surface area contributed by atoms with Crippen LogP contribution >= 0.6 is 0 Å². The monoisotopic (exact) mass is 254 g/mol. The first-order valence-electron chi connectivity index (χ1n) is 7.16. The largest absolute Gasteiger partial charge is 0.354 e. The molecular weight excluding hydrogens is 228 g/mol. The molecular formula is C13H26N4O. The number of carbonyl (C=O) groups is 1. The molecule has 2 aliphatic rings. The summed E-state index contributed by atoms with van der Waals surface area (Å²) in [5.74, 6) is 0.106. The molecule has 0 bridgehead atoms. The average molecular weight is 254 g/mol. The fourth-order valence-corrected chi connectivity index (χ4v) is 2.81. The van der Waals surface area contributed by atoms with Crippen molar-refractivity contribution >= 4 is 5.91 Å². The van der Waals surface area contributed by atoms with Gasteiger partial charge < -0.3 is 15.5 Å². The van der Waals surface area contributed by atoms with E-state index in [0.29, 0.717) is 6.04 Å². The summed E-state index contributed by atoms with van der Waals surface area (Å²) in [4.78, 5) is 16.1. The fourth-order valence-electron chi connectivity index (χ4n) is 2.81. The zero-order valence-corrected chi connectivity index (χ0v) is 11.5. The summed E-state index contributed by atoms with van der Waals surface area (Å²) < 4.78 is 0. The van der Waals surface area contributed by atoms with Crippen LogP contribution in [0.4, 0.5) is 0 Å². The Labute approximate surface area is 110 Å². The first-order chi connectivity index (χ1) is 8.74. The van der Waals surface area contributed by atoms with Crippen LogP contribution in [0.5, 0.6) is 0 Å². The van der Waals surface area contributed by atoms with E-state index in [1.54, 1.807) is 6.92 Å². The quantitative estimate of drug-likeness (QED) is 0.709. The molecule has 0 saturated carbocycles. The number of nitrogens with one attached hydrogen (secondary N) is 2. The van der Waals surface area contributed by atoms with E-state index >= 15 is 0 Å². The molecule has 0 radical (unpaired) electrons. The van der Waals surface area contributed by atoms with Crippen molar-refractivity contribution < 1.29 is 4.79 Å². The molecule has 2 aliphatic heterocycles. The van der Waals surface area contributed by atoms with Gasteiger partial charge in [-0.05, 0) is 12.8 Å². The number of hydrogen-bond donors (Lipinski definition) is 2. The normalized spacial score (nSPS) is 24.1. The van der Waals surface area contributed by atoms with Gasteiger partial charge in [-0.2, -0.15) is 0 Å². The van der Waals surface area contributed by atoms with E-state index in [1.807, 2.05) is 0 Å². The van der Waals surface area contributed by atoms with Gasteiger partial charge in [-0.15, -0.1) is 0 Å². The Balaban J connectivity index is 1.59. The van der Waals surface area contributed by atoms with Crippen molar-refractivity contribution in [1.29, 1.82) is 0 Å². The van der Waals surface area contributed by atoms with E-state index < -0.39 is 0 Å². The minimum Gasteiger partial charge on any atom is -0.354 e. The Morgan fingerprint density at radius 3 is 2.22 bits per heavy atom. The Morgan fingerprint density at radius 1 is 1.11 bits per heavy atom. The minimum absolute atomic E-state index is 0.106. The van der Waals surface area contributed by atoms with E-state index in [2.05, 4.69) is 20.4 Å². The predicted molar refractivity (Wildman–Crippen MR) is 72.6 cm³/mol. The maximum Gasteiger partial charge on any atom is 0.217 e. The van der Waals surface area contributed by atoms with Crippen molar-refractivity contribution in [2.24, 2.45) is 0 Å². The second-order valence-corrected chi connectivity index (χ2v) is 5.41. The van der Waals surface area contributed by atoms with Gasteiger partial charge >= 0.3 is 0 Å². The molecule has 0 unspecified atom stereocenters. The zero-order valence-electron chi connectivity index (χ0n) is 11.5. The van der Waals surface area contributed by atoms with Crippen molar-refractivity contribution in [2.75, 3.05) is 52.4 Å². The highest BCUT2D eigenvalue weighted by molar-refractivity contribution is 5.73. The van der Waals surface area contributed by atoms with Crippen LogP contribution in [-0.2, 0) is 4.79 Å². The maximum atomic E-state index is 11.0. The number of piperidine rings is 1. The summed E-state index contributed by atoms with van der Waals surface area (Å²) in [5, 5.41) is 6.40. The highest BCUT2D eigenvalue weighted by Gasteiger charge is 2.20. The summed E-state index contributed by atoms with van der Waals surface area (Å²) in [6, 6.07) is 0.401. The molecule has 0 aromatic carbocycles. The first kappa shape index (κ1) is 13.8. The lowest BCUT2D eigenvalue weighted by atomic mass is 10.1. The van der Waals surface area contributed by atoms with Crippen molar-refractivity contribution in [2.45, 2.75) is 25.8 Å². The van der Waals surface area contributed by atoms with Gasteiger partial charge in [0.2, 0.25) is 5.91 Å². The van der Waals surface area contributed by atoms with Gasteiger partial charge in [0.1, 0.15) is 0 Å². The molecule has 0 spiro atoms. The highest BCUT2D eigenvalue weighted by atomic mass is 16.1. The summed E-state index contributed by atoms with van der Waals surface area (Å²) in [6.07, 6.45) is 2.20. The third-order valence-corrected chi connectivity index (χ3v) is 3.94. The molecule has 0 aliphatic carbocycles. The smallest absolute Gasteiger partial charge is 0.217 e. The number of likely N-dealkylation sites (tertiary alicyclic amines) is 1. The third-order valence-electron chi connectivity index (χ3n) is 3.94. The van der Waals surface area contributed by atoms with E-state index in [-0.39, 0.29) is 5.91 Å². The standard InChI is InChI=1S/C13H26N4O/c1-12(18)15-13-2-6-16(7-3-13)10-11-17-8-4-14-5-9-17/h13-14H,2-11H2,1H3,(H,15,18). The van der Waals surface area contributed by atoms with Gasteiger partial charge in [-0.1, -0.05) is 0 Å². The zero-order chi connectivity index (χ0) is 12.8. The molecule has 18 heavy (non-hydrogen) atoms. The number of rotatable bonds is 4. The molecule has 2 saturated heterocycles. The van der Waals surface area contributed by atoms with Crippen LogP contribution in [0.15, 0.2) is 0 Å². The summed E-state index contributed by atoms with van der Waals surface area (Å²) in [6.45, 7) is 10.8. The van der Waals surface area contributed by atoms with Gasteiger partial charge in [0.25, 0.3) is 0 Å². The molecule has 1 amide bonds. The molecule has 0 aromatic heterocycles. The lowest BCUT2D eigenvalue weighted by Gasteiger charge is -2.34. The molecule has 0 aromatic rings. The van der Waals surface area contributed by atoms with Crippen LogP contribution in [0.2, 0.25) is 0 Å². The Kier molecular flexibility index (Phi) is 5.41. The van der Waals surface area contributed by atoms with Crippen LogP contribution in [0.1, 0.15) is 19.8 Å². The molecule has 5 nitrogen and oxygen atoms in total. The summed E-state index contributed by atoms with van der Waals surface area (Å²) in [5.41, 5.74) is 0. The SMILES string of the molecule is CC(=O)NC1CCN(CCN2CCNCC2)CC1. The topological polar surface area (TPSA) is 47.6 Å². The number of nitrogens with zero attached hydrogens (tertiary/aromatic N) is 2. The Bertz CT molecular complexity index is 258. The second-order valence-electron chi connectivity index (χ2n) is 5.41. The third kappa shape index (κ3) is 4.55. The maximum absolute atomic E-state index is 11.0. The second kappa shape index (κ2) is 7.07. The number of amides is 1. The van der Waals surface area contributed by atoms with Gasteiger partial charge in [0, 0.05) is 65.3 Å². The molecule has 5 heteroatoms. The van der Waals surface area contributed by atoms with Crippen LogP contribution in [0.3, 0.4) is 0 Å². The van der Waals surface area contributed by atoms with Crippen LogP contribution < -0.4 is 10.6 Å². The van der Waals surface area contributed by atoms with Gasteiger partial charge in [-0.25, -0.2) is 0 Å². The lowest BCUT2D eigenvalue weighted by molar-refractivity contribution is -0.119. The first-order valence-corrected chi connectivity index (χ1v) is 7.16. The van der Waals surface area contributed by atoms with Gasteiger partial charge in [0.05, 0.1) is 0 Å². The van der Waals surface area contributed by atoms with E-state index in [1.165, 1.54) is 26.2 Å². The van der Waals surface area contributed by atoms with Crippen LogP contribution in [0, 0.1) is 0 Å². The minimum atomic E-state index is 0.106. The fraction of sp³-hybridized carbons (Fsp3) is 0.923. The van der Waals surface area contributed by atoms with E-state index in [9.17, 15) is 4.79 Å². The van der Waals surface area contributed by atoms with Crippen molar-refractivity contribution in [1.82, 2.24) is 20.4 Å². The van der Waals surface area contributed by atoms with Crippen molar-refractivity contribution in [3.05, 3.63) is 0 Å². The lowest BCUT2D eigenvalue weighted by Crippen LogP contribution is -2.49. The average Bonchev–Trinajstić information content (AvgIpc) is 2.38. The Hall–Kier alpha value is -0.650. The summed E-state index contributed by atoms with van der Waals surface area (Å²) in [7, 11) is 0. The number of hydrogen-bond acceptors (Lipinski definition) is 4. The van der Waals surface area contributed by atoms with Crippen molar-refractivity contribution in [3.8, 4) is 0 Å². The molecule has 0 atom stereocenters. The molecule has 104 valence electrons. The molecule has 2 fully saturated rings. The molecule has 2 N–H and O–H groups in total. The number of piperazine rings is 1. The van der Waals surface area contributed by atoms with E-state index in [4.69, 9.17) is 0 Å². The molecule has 2 rings (SSSR count). The molecule has 2 heterocycles. The van der Waals surface area contributed by atoms with Crippen LogP contribution in [0.25, 0.3) is 0 Å². The van der Waals surface area contributed by atoms with Gasteiger partial charge in [-0.3, -0.25) is 9.69 Å². The predicted octanol–water partition coefficient (Wildman–Crippen LogP) is -0.508. The van der Waals surface area contributed by atoms with Crippen LogP contribution in [-0.4, -0.2) is 74.1 Å². The van der Waals surface area contributed by atoms with E-state index in [0.717, 1.165) is 39.0 Å². The Morgan fingerprint density at radius 2 is 1.67 bits per heavy atom.